The van der Waals surface area contributed by atoms with Crippen LogP contribution in [-0.2, 0) is 19.1 Å². The molecule has 1 aliphatic rings. The Morgan fingerprint density at radius 3 is 2.43 bits per heavy atom. The number of thiazole rings is 1. The molecule has 0 radical (unpaired) electrons. The number of halogens is 1. The number of rotatable bonds is 10. The molecule has 4 aromatic rings. The van der Waals surface area contributed by atoms with E-state index in [1.54, 1.807) is 49.9 Å². The van der Waals surface area contributed by atoms with E-state index in [0.717, 1.165) is 16.0 Å². The molecule has 0 unspecified atom stereocenters. The number of ether oxygens (including phenoxy) is 3. The van der Waals surface area contributed by atoms with Crippen molar-refractivity contribution in [2.75, 3.05) is 26.1 Å². The van der Waals surface area contributed by atoms with E-state index in [9.17, 15) is 14.4 Å². The van der Waals surface area contributed by atoms with E-state index >= 15 is 0 Å². The number of esters is 2. The second-order valence-corrected chi connectivity index (χ2v) is 11.8. The zero-order chi connectivity index (χ0) is 31.2. The maximum atomic E-state index is 14.2. The van der Waals surface area contributed by atoms with Crippen molar-refractivity contribution in [1.82, 2.24) is 4.57 Å². The molecule has 44 heavy (non-hydrogen) atoms. The monoisotopic (exact) mass is 648 g/mol. The third-order valence-electron chi connectivity index (χ3n) is 6.71. The van der Waals surface area contributed by atoms with Gasteiger partial charge in [-0.05, 0) is 62.1 Å². The van der Waals surface area contributed by atoms with Gasteiger partial charge in [-0.2, -0.15) is 0 Å². The normalized spacial score (nSPS) is 14.5. The summed E-state index contributed by atoms with van der Waals surface area (Å²) < 4.78 is 18.1. The van der Waals surface area contributed by atoms with E-state index in [1.807, 2.05) is 60.9 Å². The molecule has 0 bridgehead atoms. The fraction of sp³-hybridized carbons (Fsp3) is 0.212. The molecule has 1 aliphatic heterocycles. The minimum atomic E-state index is -0.794. The van der Waals surface area contributed by atoms with Crippen molar-refractivity contribution in [2.45, 2.75) is 24.8 Å². The molecule has 2 heterocycles. The Morgan fingerprint density at radius 2 is 1.75 bits per heavy atom. The first-order chi connectivity index (χ1) is 21.3. The summed E-state index contributed by atoms with van der Waals surface area (Å²) in [5.41, 5.74) is 2.33. The summed E-state index contributed by atoms with van der Waals surface area (Å²) in [6, 6.07) is 21.2. The summed E-state index contributed by atoms with van der Waals surface area (Å²) in [5, 5.41) is 0.426. The number of hydrogen-bond acceptors (Lipinski definition) is 9. The van der Waals surface area contributed by atoms with Crippen LogP contribution in [0.25, 0.3) is 11.8 Å². The fourth-order valence-corrected chi connectivity index (χ4v) is 6.37. The zero-order valence-electron chi connectivity index (χ0n) is 24.2. The van der Waals surface area contributed by atoms with Gasteiger partial charge >= 0.3 is 11.9 Å². The Kier molecular flexibility index (Phi) is 10.0. The van der Waals surface area contributed by atoms with Crippen molar-refractivity contribution in [3.8, 4) is 5.75 Å². The molecule has 0 N–H and O–H groups in total. The van der Waals surface area contributed by atoms with E-state index < -0.39 is 18.0 Å². The lowest BCUT2D eigenvalue weighted by atomic mass is 9.93. The second kappa shape index (κ2) is 14.1. The molecule has 11 heteroatoms. The summed E-state index contributed by atoms with van der Waals surface area (Å²) >= 11 is 9.09. The highest BCUT2D eigenvalue weighted by atomic mass is 35.5. The molecule has 1 aromatic heterocycles. The highest BCUT2D eigenvalue weighted by Gasteiger charge is 2.35. The smallest absolute Gasteiger partial charge is 0.344 e. The lowest BCUT2D eigenvalue weighted by molar-refractivity contribution is -0.145. The van der Waals surface area contributed by atoms with Crippen molar-refractivity contribution in [1.29, 1.82) is 0 Å². The molecule has 0 spiro atoms. The molecule has 1 atom stereocenters. The Hall–Kier alpha value is -4.12. The van der Waals surface area contributed by atoms with E-state index in [4.69, 9.17) is 30.8 Å². The van der Waals surface area contributed by atoms with Crippen LogP contribution >= 0.6 is 34.7 Å². The van der Waals surface area contributed by atoms with Crippen LogP contribution in [0.15, 0.2) is 93.1 Å². The molecule has 8 nitrogen and oxygen atoms in total. The summed E-state index contributed by atoms with van der Waals surface area (Å²) in [7, 11) is 0. The van der Waals surface area contributed by atoms with E-state index in [0.29, 0.717) is 31.4 Å². The van der Waals surface area contributed by atoms with Gasteiger partial charge in [0, 0.05) is 21.0 Å². The summed E-state index contributed by atoms with van der Waals surface area (Å²) in [6.45, 7) is 3.55. The van der Waals surface area contributed by atoms with E-state index in [-0.39, 0.29) is 31.0 Å². The maximum absolute atomic E-state index is 14.2. The first-order valence-corrected chi connectivity index (χ1v) is 16.3. The molecule has 0 amide bonds. The molecular weight excluding hydrogens is 620 g/mol. The van der Waals surface area contributed by atoms with Gasteiger partial charge in [0.05, 0.1) is 35.1 Å². The average Bonchev–Trinajstić information content (AvgIpc) is 3.34. The van der Waals surface area contributed by atoms with Gasteiger partial charge in [0.25, 0.3) is 5.56 Å². The van der Waals surface area contributed by atoms with Crippen LogP contribution in [0.1, 0.15) is 36.6 Å². The quantitative estimate of drug-likeness (QED) is 0.171. The van der Waals surface area contributed by atoms with Crippen molar-refractivity contribution in [3.63, 3.8) is 0 Å². The lowest BCUT2D eigenvalue weighted by Crippen LogP contribution is -2.40. The number of carbonyl (C=O) groups is 2. The van der Waals surface area contributed by atoms with E-state index in [1.165, 1.54) is 15.9 Å². The Bertz CT molecular complexity index is 1900. The van der Waals surface area contributed by atoms with Crippen LogP contribution in [0.3, 0.4) is 0 Å². The van der Waals surface area contributed by atoms with Crippen LogP contribution in [0, 0.1) is 0 Å². The van der Waals surface area contributed by atoms with Gasteiger partial charge in [0.2, 0.25) is 0 Å². The molecule has 5 rings (SSSR count). The number of thioether (sulfide) groups is 1. The van der Waals surface area contributed by atoms with Gasteiger partial charge in [0.15, 0.2) is 11.4 Å². The zero-order valence-corrected chi connectivity index (χ0v) is 26.6. The predicted octanol–water partition coefficient (Wildman–Crippen LogP) is 5.25. The Labute approximate surface area is 267 Å². The molecule has 0 aliphatic carbocycles. The standard InChI is InChI=1S/C33H29ClN2O6S2/c1-4-40-27(37)19-42-25-16-13-23(34)17-22(25)18-26-31(38)36-30(21-11-14-24(43-3)15-12-21)28(32(39)41-5-2)29(35-33(36)44-26)20-9-7-6-8-10-20/h6-18,30H,4-5,19H2,1-3H3/b26-18-/t30-/m1/s1. The number of benzene rings is 3. The third kappa shape index (κ3) is 6.67. The minimum absolute atomic E-state index is 0.163. The minimum Gasteiger partial charge on any atom is -0.481 e. The number of hydrogen-bond donors (Lipinski definition) is 0. The van der Waals surface area contributed by atoms with Crippen LogP contribution in [0.4, 0.5) is 0 Å². The van der Waals surface area contributed by atoms with Crippen molar-refractivity contribution < 1.29 is 23.8 Å². The van der Waals surface area contributed by atoms with Crippen LogP contribution in [0.5, 0.6) is 5.75 Å². The number of carbonyl (C=O) groups excluding carboxylic acids is 2. The lowest BCUT2D eigenvalue weighted by Gasteiger charge is -2.26. The molecular formula is C33H29ClN2O6S2. The summed E-state index contributed by atoms with van der Waals surface area (Å²) in [6.07, 6.45) is 3.64. The third-order valence-corrected chi connectivity index (χ3v) is 8.68. The summed E-state index contributed by atoms with van der Waals surface area (Å²) in [5.74, 6) is -0.706. The van der Waals surface area contributed by atoms with E-state index in [2.05, 4.69) is 0 Å². The Balaban J connectivity index is 1.74. The average molecular weight is 649 g/mol. The van der Waals surface area contributed by atoms with Crippen LogP contribution < -0.4 is 19.6 Å². The van der Waals surface area contributed by atoms with Gasteiger partial charge in [-0.15, -0.1) is 11.8 Å². The number of nitrogens with zero attached hydrogens (tertiary/aromatic N) is 2. The Morgan fingerprint density at radius 1 is 1.02 bits per heavy atom. The van der Waals surface area contributed by atoms with Gasteiger partial charge in [0.1, 0.15) is 5.75 Å². The maximum Gasteiger partial charge on any atom is 0.344 e. The van der Waals surface area contributed by atoms with Gasteiger partial charge in [-0.25, -0.2) is 14.6 Å². The van der Waals surface area contributed by atoms with Gasteiger partial charge in [-0.3, -0.25) is 9.36 Å². The molecule has 0 saturated heterocycles. The second-order valence-electron chi connectivity index (χ2n) is 9.48. The number of aromatic nitrogens is 1. The van der Waals surface area contributed by atoms with Gasteiger partial charge < -0.3 is 14.2 Å². The SMILES string of the molecule is CCOC(=O)COc1ccc(Cl)cc1/C=c1\sc2n(c1=O)[C@H](c1ccc(SC)cc1)C(C(=O)OCC)=C(c1ccccc1)N=2. The topological polar surface area (TPSA) is 96.2 Å². The van der Waals surface area contributed by atoms with Crippen molar-refractivity contribution in [3.05, 3.63) is 120 Å². The summed E-state index contributed by atoms with van der Waals surface area (Å²) in [4.78, 5) is 46.1. The van der Waals surface area contributed by atoms with Gasteiger partial charge in [-0.1, -0.05) is 65.4 Å². The molecule has 0 fully saturated rings. The van der Waals surface area contributed by atoms with Crippen LogP contribution in [0.2, 0.25) is 5.02 Å². The highest BCUT2D eigenvalue weighted by molar-refractivity contribution is 7.98. The van der Waals surface area contributed by atoms with Crippen molar-refractivity contribution in [2.24, 2.45) is 4.99 Å². The van der Waals surface area contributed by atoms with Crippen molar-refractivity contribution >= 4 is 58.4 Å². The van der Waals surface area contributed by atoms with Crippen LogP contribution in [-0.4, -0.2) is 42.6 Å². The number of fused-ring (bicyclic) bond motifs is 1. The highest BCUT2D eigenvalue weighted by Crippen LogP contribution is 2.35. The predicted molar refractivity (Wildman–Crippen MR) is 173 cm³/mol. The fourth-order valence-electron chi connectivity index (χ4n) is 4.79. The molecule has 3 aromatic carbocycles. The first kappa shape index (κ1) is 31.3. The molecule has 0 saturated carbocycles. The molecule has 226 valence electrons. The first-order valence-electron chi connectivity index (χ1n) is 13.8. The largest absolute Gasteiger partial charge is 0.481 e.